The summed E-state index contributed by atoms with van der Waals surface area (Å²) in [4.78, 5) is 12.2. The summed E-state index contributed by atoms with van der Waals surface area (Å²) in [6.45, 7) is 1.28. The van der Waals surface area contributed by atoms with Crippen LogP contribution in [0.1, 0.15) is 31.2 Å². The van der Waals surface area contributed by atoms with Gasteiger partial charge in [-0.3, -0.25) is 9.48 Å². The third kappa shape index (κ3) is 2.50. The highest BCUT2D eigenvalue weighted by Crippen LogP contribution is 2.35. The monoisotopic (exact) mass is 275 g/mol. The lowest BCUT2D eigenvalue weighted by Gasteiger charge is -2.28. The van der Waals surface area contributed by atoms with Crippen LogP contribution in [0.2, 0.25) is 0 Å². The highest BCUT2D eigenvalue weighted by atomic mass is 16.5. The van der Waals surface area contributed by atoms with E-state index in [0.29, 0.717) is 6.54 Å². The molecule has 1 atom stereocenters. The Kier molecular flexibility index (Phi) is 3.61. The summed E-state index contributed by atoms with van der Waals surface area (Å²) in [7, 11) is 1.90. The molecule has 1 unspecified atom stereocenters. The number of aromatic nitrogens is 2. The van der Waals surface area contributed by atoms with Crippen LogP contribution >= 0.6 is 0 Å². The Morgan fingerprint density at radius 1 is 1.55 bits per heavy atom. The smallest absolute Gasteiger partial charge is 0.223 e. The number of amides is 1. The molecule has 1 N–H and O–H groups in total. The van der Waals surface area contributed by atoms with Crippen LogP contribution in [-0.2, 0) is 22.2 Å². The number of allylic oxidation sites excluding steroid dienone is 2. The predicted molar refractivity (Wildman–Crippen MR) is 74.9 cm³/mol. The standard InChI is InChI=1S/C15H21N3O2/c1-18-10-13(9-17-18)15(7-4-8-20-15)11-16-14(19)12-5-2-3-6-12/h2-3,9-10,12H,4-8,11H2,1H3,(H,16,19). The van der Waals surface area contributed by atoms with E-state index in [4.69, 9.17) is 4.74 Å². The van der Waals surface area contributed by atoms with Crippen LogP contribution in [0.25, 0.3) is 0 Å². The molecular formula is C15H21N3O2. The van der Waals surface area contributed by atoms with E-state index in [0.717, 1.165) is 37.9 Å². The zero-order chi connectivity index (χ0) is 14.0. The van der Waals surface area contributed by atoms with Gasteiger partial charge in [0, 0.05) is 31.3 Å². The predicted octanol–water partition coefficient (Wildman–Crippen LogP) is 1.51. The Hall–Kier alpha value is -1.62. The molecule has 1 aliphatic heterocycles. The molecule has 1 aliphatic carbocycles. The van der Waals surface area contributed by atoms with Gasteiger partial charge in [-0.15, -0.1) is 0 Å². The van der Waals surface area contributed by atoms with Gasteiger partial charge in [-0.1, -0.05) is 12.2 Å². The molecule has 0 saturated carbocycles. The van der Waals surface area contributed by atoms with Crippen molar-refractivity contribution in [1.82, 2.24) is 15.1 Å². The van der Waals surface area contributed by atoms with E-state index in [2.05, 4.69) is 22.6 Å². The molecule has 2 aliphatic rings. The summed E-state index contributed by atoms with van der Waals surface area (Å²) in [5, 5.41) is 7.30. The van der Waals surface area contributed by atoms with Crippen LogP contribution in [0.4, 0.5) is 0 Å². The van der Waals surface area contributed by atoms with Crippen molar-refractivity contribution < 1.29 is 9.53 Å². The third-order valence-electron chi connectivity index (χ3n) is 4.26. The zero-order valence-corrected chi connectivity index (χ0v) is 11.8. The van der Waals surface area contributed by atoms with Crippen molar-refractivity contribution in [3.8, 4) is 0 Å². The molecular weight excluding hydrogens is 254 g/mol. The second-order valence-electron chi connectivity index (χ2n) is 5.71. The summed E-state index contributed by atoms with van der Waals surface area (Å²) < 4.78 is 7.75. The van der Waals surface area contributed by atoms with E-state index in [1.54, 1.807) is 4.68 Å². The van der Waals surface area contributed by atoms with Crippen molar-refractivity contribution in [3.63, 3.8) is 0 Å². The van der Waals surface area contributed by atoms with Crippen molar-refractivity contribution in [3.05, 3.63) is 30.1 Å². The van der Waals surface area contributed by atoms with Gasteiger partial charge in [0.25, 0.3) is 0 Å². The number of hydrogen-bond donors (Lipinski definition) is 1. The van der Waals surface area contributed by atoms with E-state index < -0.39 is 5.60 Å². The van der Waals surface area contributed by atoms with Crippen molar-refractivity contribution in [2.45, 2.75) is 31.3 Å². The molecule has 108 valence electrons. The van der Waals surface area contributed by atoms with Crippen LogP contribution in [0.5, 0.6) is 0 Å². The number of carbonyl (C=O) groups is 1. The highest BCUT2D eigenvalue weighted by molar-refractivity contribution is 5.79. The minimum Gasteiger partial charge on any atom is -0.368 e. The van der Waals surface area contributed by atoms with E-state index in [1.807, 2.05) is 19.4 Å². The average molecular weight is 275 g/mol. The Morgan fingerprint density at radius 3 is 2.95 bits per heavy atom. The second-order valence-corrected chi connectivity index (χ2v) is 5.71. The number of aryl methyl sites for hydroxylation is 1. The van der Waals surface area contributed by atoms with Gasteiger partial charge in [0.05, 0.1) is 12.7 Å². The zero-order valence-electron chi connectivity index (χ0n) is 11.8. The molecule has 5 nitrogen and oxygen atoms in total. The first-order chi connectivity index (χ1) is 9.70. The van der Waals surface area contributed by atoms with E-state index in [9.17, 15) is 4.79 Å². The number of carbonyl (C=O) groups excluding carboxylic acids is 1. The second kappa shape index (κ2) is 5.40. The topological polar surface area (TPSA) is 56.2 Å². The molecule has 0 bridgehead atoms. The minimum atomic E-state index is -0.393. The summed E-state index contributed by atoms with van der Waals surface area (Å²) >= 11 is 0. The van der Waals surface area contributed by atoms with E-state index >= 15 is 0 Å². The maximum atomic E-state index is 12.2. The van der Waals surface area contributed by atoms with Crippen molar-refractivity contribution >= 4 is 5.91 Å². The van der Waals surface area contributed by atoms with Crippen LogP contribution in [-0.4, -0.2) is 28.8 Å². The number of ether oxygens (including phenoxy) is 1. The van der Waals surface area contributed by atoms with Gasteiger partial charge in [0.2, 0.25) is 5.91 Å². The van der Waals surface area contributed by atoms with Crippen LogP contribution in [0.3, 0.4) is 0 Å². The average Bonchev–Trinajstić information content (AvgIpc) is 3.17. The number of hydrogen-bond acceptors (Lipinski definition) is 3. The molecule has 3 rings (SSSR count). The quantitative estimate of drug-likeness (QED) is 0.847. The summed E-state index contributed by atoms with van der Waals surface area (Å²) in [5.74, 6) is 0.233. The van der Waals surface area contributed by atoms with Gasteiger partial charge in [-0.2, -0.15) is 5.10 Å². The Bertz CT molecular complexity index is 507. The third-order valence-corrected chi connectivity index (χ3v) is 4.26. The molecule has 1 aromatic rings. The molecule has 1 fully saturated rings. The maximum Gasteiger partial charge on any atom is 0.223 e. The van der Waals surface area contributed by atoms with E-state index in [1.165, 1.54) is 0 Å². The fourth-order valence-corrected chi connectivity index (χ4v) is 3.03. The first-order valence-electron chi connectivity index (χ1n) is 7.25. The van der Waals surface area contributed by atoms with Crippen LogP contribution in [0.15, 0.2) is 24.5 Å². The highest BCUT2D eigenvalue weighted by Gasteiger charge is 2.38. The Morgan fingerprint density at radius 2 is 2.35 bits per heavy atom. The fraction of sp³-hybridized carbons (Fsp3) is 0.600. The molecule has 1 amide bonds. The summed E-state index contributed by atoms with van der Waals surface area (Å²) in [6, 6.07) is 0. The molecule has 2 heterocycles. The van der Waals surface area contributed by atoms with Gasteiger partial charge in [-0.25, -0.2) is 0 Å². The van der Waals surface area contributed by atoms with Gasteiger partial charge < -0.3 is 10.1 Å². The summed E-state index contributed by atoms with van der Waals surface area (Å²) in [6.07, 6.45) is 11.6. The molecule has 1 saturated heterocycles. The summed E-state index contributed by atoms with van der Waals surface area (Å²) in [5.41, 5.74) is 0.665. The lowest BCUT2D eigenvalue weighted by Crippen LogP contribution is -2.42. The SMILES string of the molecule is Cn1cc(C2(CNC(=O)C3CC=CC3)CCCO2)cn1. The first kappa shape index (κ1) is 13.4. The van der Waals surface area contributed by atoms with Crippen molar-refractivity contribution in [2.24, 2.45) is 13.0 Å². The molecule has 5 heteroatoms. The van der Waals surface area contributed by atoms with Gasteiger partial charge in [-0.05, 0) is 25.7 Å². The maximum absolute atomic E-state index is 12.2. The van der Waals surface area contributed by atoms with Gasteiger partial charge in [0.1, 0.15) is 5.60 Å². The lowest BCUT2D eigenvalue weighted by atomic mass is 9.93. The van der Waals surface area contributed by atoms with Crippen molar-refractivity contribution in [1.29, 1.82) is 0 Å². The largest absolute Gasteiger partial charge is 0.368 e. The van der Waals surface area contributed by atoms with Gasteiger partial charge >= 0.3 is 0 Å². The van der Waals surface area contributed by atoms with Crippen LogP contribution < -0.4 is 5.32 Å². The van der Waals surface area contributed by atoms with Crippen molar-refractivity contribution in [2.75, 3.05) is 13.2 Å². The number of nitrogens with zero attached hydrogens (tertiary/aromatic N) is 2. The fourth-order valence-electron chi connectivity index (χ4n) is 3.03. The molecule has 0 radical (unpaired) electrons. The minimum absolute atomic E-state index is 0.0994. The first-order valence-corrected chi connectivity index (χ1v) is 7.25. The molecule has 1 aromatic heterocycles. The Balaban J connectivity index is 1.67. The molecule has 20 heavy (non-hydrogen) atoms. The molecule has 0 aromatic carbocycles. The Labute approximate surface area is 119 Å². The van der Waals surface area contributed by atoms with Crippen LogP contribution in [0, 0.1) is 5.92 Å². The number of rotatable bonds is 4. The molecule has 0 spiro atoms. The normalized spacial score (nSPS) is 26.2. The van der Waals surface area contributed by atoms with E-state index in [-0.39, 0.29) is 11.8 Å². The lowest BCUT2D eigenvalue weighted by molar-refractivity contribution is -0.126. The number of nitrogens with one attached hydrogen (secondary N) is 1. The van der Waals surface area contributed by atoms with Gasteiger partial charge in [0.15, 0.2) is 0 Å².